The number of pyridine rings is 1. The van der Waals surface area contributed by atoms with Crippen LogP contribution >= 0.6 is 0 Å². The number of nitrogens with one attached hydrogen (secondary N) is 3. The Hall–Kier alpha value is -3.23. The van der Waals surface area contributed by atoms with Gasteiger partial charge in [-0.25, -0.2) is 24.1 Å². The molecule has 2 fully saturated rings. The topological polar surface area (TPSA) is 98.8 Å². The summed E-state index contributed by atoms with van der Waals surface area (Å²) in [5.74, 6) is 0.693. The molecule has 1 saturated carbocycles. The van der Waals surface area contributed by atoms with Crippen molar-refractivity contribution in [3.63, 3.8) is 0 Å². The number of urea groups is 1. The zero-order valence-corrected chi connectivity index (χ0v) is 17.3. The van der Waals surface area contributed by atoms with E-state index in [1.807, 2.05) is 17.0 Å². The number of aromatic amines is 1. The number of aromatic nitrogens is 4. The van der Waals surface area contributed by atoms with Crippen LogP contribution in [0.4, 0.5) is 15.0 Å². The molecule has 1 aliphatic carbocycles. The first kappa shape index (κ1) is 19.7. The average Bonchev–Trinajstić information content (AvgIpc) is 3.54. The fraction of sp³-hybridized carbons (Fsp3) is 0.455. The van der Waals surface area contributed by atoms with Crippen LogP contribution in [-0.4, -0.2) is 56.5 Å². The monoisotopic (exact) mass is 423 g/mol. The van der Waals surface area contributed by atoms with Gasteiger partial charge in [-0.3, -0.25) is 0 Å². The van der Waals surface area contributed by atoms with Gasteiger partial charge in [0, 0.05) is 43.0 Å². The molecule has 9 heteroatoms. The van der Waals surface area contributed by atoms with E-state index in [9.17, 15) is 9.18 Å². The van der Waals surface area contributed by atoms with E-state index in [0.29, 0.717) is 18.3 Å². The number of H-pyrrole nitrogens is 1. The minimum Gasteiger partial charge on any atom is -0.365 e. The van der Waals surface area contributed by atoms with Crippen molar-refractivity contribution in [3.8, 4) is 11.4 Å². The van der Waals surface area contributed by atoms with Crippen LogP contribution in [0.25, 0.3) is 22.4 Å². The first-order valence-corrected chi connectivity index (χ1v) is 10.9. The summed E-state index contributed by atoms with van der Waals surface area (Å²) in [6.45, 7) is 1.92. The van der Waals surface area contributed by atoms with Crippen LogP contribution in [0.5, 0.6) is 0 Å². The smallest absolute Gasteiger partial charge is 0.317 e. The van der Waals surface area contributed by atoms with Gasteiger partial charge in [0.2, 0.25) is 0 Å². The number of likely N-dealkylation sites (tertiary alicyclic amines) is 1. The van der Waals surface area contributed by atoms with Crippen LogP contribution in [0, 0.1) is 11.7 Å². The molecule has 5 rings (SSSR count). The van der Waals surface area contributed by atoms with Gasteiger partial charge in [0.1, 0.15) is 5.65 Å². The molecule has 3 aromatic heterocycles. The molecule has 1 saturated heterocycles. The molecule has 1 aliphatic heterocycles. The highest BCUT2D eigenvalue weighted by Gasteiger charge is 2.29. The van der Waals surface area contributed by atoms with Gasteiger partial charge in [0.05, 0.1) is 12.2 Å². The standard InChI is InChI=1S/C22H26FN7O/c23-18-13-27-20(17-12-26-19-16(17)5-3-8-24-19)29-21(18)25-11-15-4-1-2-9-30(15)22(31)28-10-14-6-7-14/h3,5,8,12-15H,1-2,4,6-7,9-11H2,(H,24,26)(H,28,31)(H,25,27,29)/t15-/m1/s1. The lowest BCUT2D eigenvalue weighted by Crippen LogP contribution is -2.51. The lowest BCUT2D eigenvalue weighted by molar-refractivity contribution is 0.155. The number of carbonyl (C=O) groups is 1. The molecular weight excluding hydrogens is 397 g/mol. The summed E-state index contributed by atoms with van der Waals surface area (Å²) in [6, 6.07) is 3.75. The molecule has 162 valence electrons. The molecule has 2 aliphatic rings. The van der Waals surface area contributed by atoms with Gasteiger partial charge in [-0.1, -0.05) is 0 Å². The molecule has 0 bridgehead atoms. The van der Waals surface area contributed by atoms with E-state index in [1.54, 1.807) is 12.4 Å². The number of anilines is 1. The molecule has 31 heavy (non-hydrogen) atoms. The number of amides is 2. The number of fused-ring (bicyclic) bond motifs is 1. The third-order valence-electron chi connectivity index (χ3n) is 6.07. The molecule has 0 aromatic carbocycles. The van der Waals surface area contributed by atoms with E-state index >= 15 is 0 Å². The highest BCUT2D eigenvalue weighted by molar-refractivity contribution is 5.91. The molecule has 1 atom stereocenters. The number of carbonyl (C=O) groups excluding carboxylic acids is 1. The first-order chi connectivity index (χ1) is 15.2. The second-order valence-corrected chi connectivity index (χ2v) is 8.35. The SMILES string of the molecule is O=C(NCC1CC1)N1CCCC[C@@H]1CNc1nc(-c2c[nH]c3ncccc23)ncc1F. The predicted molar refractivity (Wildman–Crippen MR) is 116 cm³/mol. The zero-order chi connectivity index (χ0) is 21.2. The Balaban J connectivity index is 1.30. The molecule has 4 heterocycles. The summed E-state index contributed by atoms with van der Waals surface area (Å²) >= 11 is 0. The Kier molecular flexibility index (Phi) is 5.40. The highest BCUT2D eigenvalue weighted by atomic mass is 19.1. The lowest BCUT2D eigenvalue weighted by Gasteiger charge is -2.36. The Bertz CT molecular complexity index is 1080. The lowest BCUT2D eigenvalue weighted by atomic mass is 10.0. The molecule has 3 aromatic rings. The third-order valence-corrected chi connectivity index (χ3v) is 6.07. The Morgan fingerprint density at radius 1 is 1.23 bits per heavy atom. The molecule has 0 unspecified atom stereocenters. The summed E-state index contributed by atoms with van der Waals surface area (Å²) in [6.07, 6.45) is 10.0. The summed E-state index contributed by atoms with van der Waals surface area (Å²) in [7, 11) is 0. The summed E-state index contributed by atoms with van der Waals surface area (Å²) in [5.41, 5.74) is 1.50. The van der Waals surface area contributed by atoms with Gasteiger partial charge in [0.15, 0.2) is 17.5 Å². The predicted octanol–water partition coefficient (Wildman–Crippen LogP) is 3.55. The van der Waals surface area contributed by atoms with Crippen molar-refractivity contribution in [3.05, 3.63) is 36.5 Å². The molecule has 2 amide bonds. The van der Waals surface area contributed by atoms with E-state index in [0.717, 1.165) is 48.9 Å². The van der Waals surface area contributed by atoms with Crippen molar-refractivity contribution in [1.82, 2.24) is 30.2 Å². The largest absolute Gasteiger partial charge is 0.365 e. The summed E-state index contributed by atoms with van der Waals surface area (Å²) < 4.78 is 14.5. The quantitative estimate of drug-likeness (QED) is 0.563. The van der Waals surface area contributed by atoms with Crippen LogP contribution < -0.4 is 10.6 Å². The molecule has 0 radical (unpaired) electrons. The maximum Gasteiger partial charge on any atom is 0.317 e. The number of hydrogen-bond acceptors (Lipinski definition) is 5. The van der Waals surface area contributed by atoms with Crippen molar-refractivity contribution in [2.24, 2.45) is 5.92 Å². The van der Waals surface area contributed by atoms with Crippen molar-refractivity contribution in [2.45, 2.75) is 38.1 Å². The second-order valence-electron chi connectivity index (χ2n) is 8.35. The van der Waals surface area contributed by atoms with Crippen LogP contribution in [0.2, 0.25) is 0 Å². The van der Waals surface area contributed by atoms with E-state index in [2.05, 4.69) is 30.6 Å². The number of rotatable bonds is 6. The van der Waals surface area contributed by atoms with Gasteiger partial charge in [-0.2, -0.15) is 0 Å². The molecule has 3 N–H and O–H groups in total. The minimum absolute atomic E-state index is 0.00283. The number of hydrogen-bond donors (Lipinski definition) is 3. The van der Waals surface area contributed by atoms with E-state index in [1.165, 1.54) is 19.0 Å². The fourth-order valence-electron chi connectivity index (χ4n) is 4.11. The van der Waals surface area contributed by atoms with Crippen LogP contribution in [0.3, 0.4) is 0 Å². The van der Waals surface area contributed by atoms with Gasteiger partial charge >= 0.3 is 6.03 Å². The van der Waals surface area contributed by atoms with Gasteiger partial charge in [-0.05, 0) is 50.2 Å². The van der Waals surface area contributed by atoms with E-state index in [-0.39, 0.29) is 17.9 Å². The van der Waals surface area contributed by atoms with Crippen LogP contribution in [-0.2, 0) is 0 Å². The van der Waals surface area contributed by atoms with Crippen molar-refractivity contribution >= 4 is 22.9 Å². The van der Waals surface area contributed by atoms with E-state index in [4.69, 9.17) is 0 Å². The highest BCUT2D eigenvalue weighted by Crippen LogP contribution is 2.28. The van der Waals surface area contributed by atoms with E-state index < -0.39 is 5.82 Å². The van der Waals surface area contributed by atoms with Crippen molar-refractivity contribution in [2.75, 3.05) is 25.0 Å². The second kappa shape index (κ2) is 8.49. The maximum absolute atomic E-state index is 14.5. The minimum atomic E-state index is -0.512. The van der Waals surface area contributed by atoms with Gasteiger partial charge < -0.3 is 20.5 Å². The van der Waals surface area contributed by atoms with Crippen LogP contribution in [0.1, 0.15) is 32.1 Å². The average molecular weight is 423 g/mol. The fourth-order valence-corrected chi connectivity index (χ4v) is 4.11. The Morgan fingerprint density at radius 2 is 2.13 bits per heavy atom. The van der Waals surface area contributed by atoms with Crippen molar-refractivity contribution in [1.29, 1.82) is 0 Å². The maximum atomic E-state index is 14.5. The molecule has 0 spiro atoms. The van der Waals surface area contributed by atoms with Gasteiger partial charge in [-0.15, -0.1) is 0 Å². The number of halogens is 1. The van der Waals surface area contributed by atoms with Crippen molar-refractivity contribution < 1.29 is 9.18 Å². The summed E-state index contributed by atoms with van der Waals surface area (Å²) in [4.78, 5) is 30.5. The number of nitrogens with zero attached hydrogens (tertiary/aromatic N) is 4. The Labute approximate surface area is 179 Å². The third kappa shape index (κ3) is 4.30. The molecule has 8 nitrogen and oxygen atoms in total. The van der Waals surface area contributed by atoms with Crippen LogP contribution in [0.15, 0.2) is 30.7 Å². The molecular formula is C22H26FN7O. The Morgan fingerprint density at radius 3 is 3.00 bits per heavy atom. The first-order valence-electron chi connectivity index (χ1n) is 10.9. The van der Waals surface area contributed by atoms with Gasteiger partial charge in [0.25, 0.3) is 0 Å². The number of piperidine rings is 1. The normalized spacial score (nSPS) is 18.9. The summed E-state index contributed by atoms with van der Waals surface area (Å²) in [5, 5.41) is 7.05. The zero-order valence-electron chi connectivity index (χ0n) is 17.3.